The Hall–Kier alpha value is -0.270. The Kier molecular flexibility index (Phi) is 11.2. The van der Waals surface area contributed by atoms with Crippen LogP contribution in [0.1, 0.15) is 25.1 Å². The van der Waals surface area contributed by atoms with Crippen molar-refractivity contribution in [2.24, 2.45) is 7.05 Å². The SMILES string of the molecule is CCCC(n1cc[n+](C)c1)S(=O)(=O)OS(=O)(=O)C(F)(F)F.O=S(=O)([O-])[O-].[Na+]. The molecule has 1 rings (SSSR count). The average molecular weight is 470 g/mol. The van der Waals surface area contributed by atoms with Gasteiger partial charge in [0, 0.05) is 16.8 Å². The molecule has 154 valence electrons. The zero-order chi connectivity index (χ0) is 21.0. The maximum Gasteiger partial charge on any atom is 1.00 e. The fraction of sp³-hybridized carbons (Fsp3) is 0.667. The first-order valence-electron chi connectivity index (χ1n) is 6.36. The van der Waals surface area contributed by atoms with Gasteiger partial charge in [-0.05, 0) is 0 Å². The smallest absolute Gasteiger partial charge is 0.759 e. The van der Waals surface area contributed by atoms with Crippen LogP contribution in [0.25, 0.3) is 0 Å². The molecule has 1 aromatic rings. The molecule has 1 heterocycles. The molecule has 27 heavy (non-hydrogen) atoms. The van der Waals surface area contributed by atoms with Gasteiger partial charge in [-0.15, -0.1) is 3.63 Å². The van der Waals surface area contributed by atoms with Gasteiger partial charge in [-0.1, -0.05) is 13.3 Å². The van der Waals surface area contributed by atoms with Gasteiger partial charge < -0.3 is 9.11 Å². The minimum Gasteiger partial charge on any atom is -0.759 e. The first-order chi connectivity index (χ1) is 11.4. The Morgan fingerprint density at radius 3 is 1.89 bits per heavy atom. The molecule has 0 spiro atoms. The Morgan fingerprint density at radius 1 is 1.15 bits per heavy atom. The molecule has 0 amide bonds. The summed E-state index contributed by atoms with van der Waals surface area (Å²) in [4.78, 5) is 0. The van der Waals surface area contributed by atoms with Crippen molar-refractivity contribution in [1.82, 2.24) is 4.57 Å². The summed E-state index contributed by atoms with van der Waals surface area (Å²) in [5, 5.41) is -1.57. The second kappa shape index (κ2) is 10.5. The maximum atomic E-state index is 12.2. The number of imidazole rings is 1. The summed E-state index contributed by atoms with van der Waals surface area (Å²) in [6, 6.07) is 0. The fourth-order valence-electron chi connectivity index (χ4n) is 1.54. The Balaban J connectivity index is 0. The first-order valence-corrected chi connectivity index (χ1v) is 10.6. The van der Waals surface area contributed by atoms with E-state index in [-0.39, 0.29) is 36.0 Å². The molecular formula is C9H14F3N2NaO9S3. The summed E-state index contributed by atoms with van der Waals surface area (Å²) >= 11 is 0. The van der Waals surface area contributed by atoms with Crippen LogP contribution in [0, 0.1) is 0 Å². The van der Waals surface area contributed by atoms with Crippen LogP contribution in [-0.2, 0) is 41.3 Å². The number of halogens is 3. The van der Waals surface area contributed by atoms with Crippen molar-refractivity contribution in [3.63, 3.8) is 0 Å². The van der Waals surface area contributed by atoms with Crippen LogP contribution in [0.3, 0.4) is 0 Å². The molecule has 0 radical (unpaired) electrons. The van der Waals surface area contributed by atoms with Crippen molar-refractivity contribution in [3.8, 4) is 0 Å². The first kappa shape index (κ1) is 28.9. The molecule has 11 nitrogen and oxygen atoms in total. The summed E-state index contributed by atoms with van der Waals surface area (Å²) < 4.78 is 122. The van der Waals surface area contributed by atoms with Crippen LogP contribution < -0.4 is 34.1 Å². The normalized spacial score (nSPS) is 13.9. The Bertz CT molecular complexity index is 902. The number of hydrogen-bond donors (Lipinski definition) is 0. The van der Waals surface area contributed by atoms with Crippen LogP contribution in [0.2, 0.25) is 0 Å². The number of aromatic nitrogens is 2. The van der Waals surface area contributed by atoms with Crippen molar-refractivity contribution >= 4 is 30.6 Å². The van der Waals surface area contributed by atoms with E-state index in [2.05, 4.69) is 3.63 Å². The number of aryl methyl sites for hydroxylation is 1. The van der Waals surface area contributed by atoms with Crippen LogP contribution in [0.5, 0.6) is 0 Å². The molecule has 0 N–H and O–H groups in total. The van der Waals surface area contributed by atoms with Crippen LogP contribution in [0.4, 0.5) is 13.2 Å². The monoisotopic (exact) mass is 470 g/mol. The Labute approximate surface area is 176 Å². The second-order valence-corrected chi connectivity index (χ2v) is 8.90. The quantitative estimate of drug-likeness (QED) is 0.135. The molecule has 0 saturated heterocycles. The van der Waals surface area contributed by atoms with E-state index in [1.807, 2.05) is 0 Å². The third-order valence-corrected chi connectivity index (χ3v) is 5.65. The maximum absolute atomic E-state index is 12.2. The fourth-order valence-corrected chi connectivity index (χ4v) is 4.16. The molecule has 0 aliphatic heterocycles. The van der Waals surface area contributed by atoms with E-state index in [1.165, 1.54) is 23.3 Å². The molecule has 0 fully saturated rings. The van der Waals surface area contributed by atoms with Gasteiger partial charge in [0.1, 0.15) is 12.4 Å². The van der Waals surface area contributed by atoms with Gasteiger partial charge >= 0.3 is 55.3 Å². The summed E-state index contributed by atoms with van der Waals surface area (Å²) in [7, 11) is -14.8. The number of hydrogen-bond acceptors (Lipinski definition) is 9. The molecule has 18 heteroatoms. The van der Waals surface area contributed by atoms with Gasteiger partial charge in [0.15, 0.2) is 0 Å². The van der Waals surface area contributed by atoms with Crippen LogP contribution >= 0.6 is 0 Å². The standard InChI is InChI=1S/C9H14F3N2O5S2.Na.H2O4S/c1-3-4-8(14-6-5-13(2)7-14)20(15,16)19-21(17,18)9(10,11)12;;1-5(2,3)4/h5-8H,3-4H2,1-2H3;;(H2,1,2,3,4)/q2*+1;/p-2. The minimum atomic E-state index is -6.23. The van der Waals surface area contributed by atoms with E-state index in [0.717, 1.165) is 4.57 Å². The van der Waals surface area contributed by atoms with Crippen LogP contribution in [0.15, 0.2) is 18.7 Å². The van der Waals surface area contributed by atoms with Crippen molar-refractivity contribution in [3.05, 3.63) is 18.7 Å². The zero-order valence-electron chi connectivity index (χ0n) is 14.2. The summed E-state index contributed by atoms with van der Waals surface area (Å²) in [6.07, 6.45) is 4.23. The summed E-state index contributed by atoms with van der Waals surface area (Å²) in [6.45, 7) is 1.60. The topological polar surface area (TPSA) is 167 Å². The van der Waals surface area contributed by atoms with E-state index < -0.39 is 41.5 Å². The van der Waals surface area contributed by atoms with Gasteiger partial charge in [0.05, 0.1) is 7.05 Å². The Morgan fingerprint density at radius 2 is 1.59 bits per heavy atom. The van der Waals surface area contributed by atoms with E-state index in [1.54, 1.807) is 14.0 Å². The average Bonchev–Trinajstić information content (AvgIpc) is 2.77. The summed E-state index contributed by atoms with van der Waals surface area (Å²) in [5.41, 5.74) is -5.81. The molecular weight excluding hydrogens is 456 g/mol. The molecule has 0 aromatic carbocycles. The predicted octanol–water partition coefficient (Wildman–Crippen LogP) is -3.53. The third-order valence-electron chi connectivity index (χ3n) is 2.46. The second-order valence-electron chi connectivity index (χ2n) is 4.64. The van der Waals surface area contributed by atoms with Crippen molar-refractivity contribution in [1.29, 1.82) is 0 Å². The van der Waals surface area contributed by atoms with E-state index in [0.29, 0.717) is 6.42 Å². The van der Waals surface area contributed by atoms with E-state index >= 15 is 0 Å². The minimum absolute atomic E-state index is 0. The van der Waals surface area contributed by atoms with Gasteiger partial charge in [-0.2, -0.15) is 30.0 Å². The molecule has 0 saturated carbocycles. The van der Waals surface area contributed by atoms with Gasteiger partial charge in [-0.25, -0.2) is 9.13 Å². The van der Waals surface area contributed by atoms with E-state index in [9.17, 15) is 30.0 Å². The molecule has 1 aromatic heterocycles. The van der Waals surface area contributed by atoms with E-state index in [4.69, 9.17) is 17.5 Å². The van der Waals surface area contributed by atoms with Crippen molar-refractivity contribution in [2.75, 3.05) is 0 Å². The third kappa shape index (κ3) is 10.7. The molecule has 0 aliphatic rings. The molecule has 0 bridgehead atoms. The number of nitrogens with zero attached hydrogens (tertiary/aromatic N) is 2. The molecule has 1 unspecified atom stereocenters. The number of rotatable bonds is 6. The van der Waals surface area contributed by atoms with Crippen molar-refractivity contribution in [2.45, 2.75) is 30.6 Å². The molecule has 0 aliphatic carbocycles. The predicted molar refractivity (Wildman–Crippen MR) is 75.0 cm³/mol. The van der Waals surface area contributed by atoms with Crippen molar-refractivity contribution < 1.29 is 85.3 Å². The summed E-state index contributed by atoms with van der Waals surface area (Å²) in [5.74, 6) is 0. The largest absolute Gasteiger partial charge is 1.00 e. The van der Waals surface area contributed by atoms with Crippen LogP contribution in [-0.4, -0.2) is 44.4 Å². The van der Waals surface area contributed by atoms with Gasteiger partial charge in [0.2, 0.25) is 11.7 Å². The van der Waals surface area contributed by atoms with Gasteiger partial charge in [-0.3, -0.25) is 8.42 Å². The molecule has 1 atom stereocenters. The zero-order valence-corrected chi connectivity index (χ0v) is 18.6. The van der Waals surface area contributed by atoms with Gasteiger partial charge in [0.25, 0.3) is 0 Å². The number of alkyl halides is 3.